The zero-order valence-electron chi connectivity index (χ0n) is 11.9. The fourth-order valence-corrected chi connectivity index (χ4v) is 3.44. The molecule has 6 heteroatoms. The summed E-state index contributed by atoms with van der Waals surface area (Å²) < 4.78 is 5.55. The van der Waals surface area contributed by atoms with Crippen LogP contribution in [0.3, 0.4) is 0 Å². The number of ether oxygens (including phenoxy) is 1. The maximum Gasteiger partial charge on any atom is 0.248 e. The van der Waals surface area contributed by atoms with Gasteiger partial charge in [0.15, 0.2) is 0 Å². The van der Waals surface area contributed by atoms with E-state index in [1.54, 1.807) is 9.80 Å². The first-order valence-electron chi connectivity index (χ1n) is 7.44. The van der Waals surface area contributed by atoms with Crippen LogP contribution < -0.4 is 0 Å². The summed E-state index contributed by atoms with van der Waals surface area (Å²) in [6.07, 6.45) is 2.56. The van der Waals surface area contributed by atoms with Crippen LogP contribution in [0.15, 0.2) is 0 Å². The molecule has 0 unspecified atom stereocenters. The van der Waals surface area contributed by atoms with Gasteiger partial charge in [0.1, 0.15) is 6.61 Å². The normalized spacial score (nSPS) is 32.0. The van der Waals surface area contributed by atoms with Crippen LogP contribution in [-0.4, -0.2) is 70.7 Å². The highest BCUT2D eigenvalue weighted by molar-refractivity contribution is 5.80. The molecule has 6 nitrogen and oxygen atoms in total. The molecular weight excluding hydrogens is 260 g/mol. The number of aliphatic hydroxyl groups is 1. The Hall–Kier alpha value is -1.14. The number of nitrogens with zero attached hydrogens (tertiary/aromatic N) is 2. The number of morpholine rings is 1. The lowest BCUT2D eigenvalue weighted by atomic mass is 9.77. The van der Waals surface area contributed by atoms with Gasteiger partial charge in [0.05, 0.1) is 24.2 Å². The Balaban J connectivity index is 1.63. The Labute approximate surface area is 118 Å². The van der Waals surface area contributed by atoms with Crippen LogP contribution in [0.1, 0.15) is 32.6 Å². The lowest BCUT2D eigenvalue weighted by Gasteiger charge is -2.37. The highest BCUT2D eigenvalue weighted by Crippen LogP contribution is 2.35. The van der Waals surface area contributed by atoms with Gasteiger partial charge < -0.3 is 19.6 Å². The van der Waals surface area contributed by atoms with Gasteiger partial charge in [0, 0.05) is 19.6 Å². The van der Waals surface area contributed by atoms with E-state index in [9.17, 15) is 14.7 Å². The summed E-state index contributed by atoms with van der Waals surface area (Å²) in [7, 11) is 0. The van der Waals surface area contributed by atoms with Gasteiger partial charge in [-0.1, -0.05) is 0 Å². The van der Waals surface area contributed by atoms with Crippen molar-refractivity contribution in [3.8, 4) is 0 Å². The molecule has 3 aliphatic rings. The number of hydrogen-bond donors (Lipinski definition) is 1. The summed E-state index contributed by atoms with van der Waals surface area (Å²) in [5.74, 6) is -0.0191. The Morgan fingerprint density at radius 3 is 2.80 bits per heavy atom. The van der Waals surface area contributed by atoms with Crippen LogP contribution in [0, 0.1) is 0 Å². The van der Waals surface area contributed by atoms with Crippen LogP contribution in [0.4, 0.5) is 0 Å². The number of fused-ring (bicyclic) bond motifs is 1. The topological polar surface area (TPSA) is 70.1 Å². The highest BCUT2D eigenvalue weighted by Gasteiger charge is 2.45. The van der Waals surface area contributed by atoms with Gasteiger partial charge in [-0.15, -0.1) is 0 Å². The van der Waals surface area contributed by atoms with E-state index in [4.69, 9.17) is 4.74 Å². The molecule has 1 aliphatic carbocycles. The molecule has 2 aliphatic heterocycles. The smallest absolute Gasteiger partial charge is 0.248 e. The van der Waals surface area contributed by atoms with Crippen molar-refractivity contribution in [3.63, 3.8) is 0 Å². The molecule has 0 bridgehead atoms. The van der Waals surface area contributed by atoms with Crippen molar-refractivity contribution in [2.75, 3.05) is 26.2 Å². The largest absolute Gasteiger partial charge is 0.389 e. The second kappa shape index (κ2) is 5.00. The van der Waals surface area contributed by atoms with E-state index in [0.29, 0.717) is 19.6 Å². The van der Waals surface area contributed by atoms with E-state index in [0.717, 1.165) is 19.3 Å². The Bertz CT molecular complexity index is 421. The summed E-state index contributed by atoms with van der Waals surface area (Å²) in [5, 5.41) is 10.1. The second-order valence-electron chi connectivity index (χ2n) is 6.15. The minimum atomic E-state index is -0.786. The molecule has 3 fully saturated rings. The van der Waals surface area contributed by atoms with Crippen molar-refractivity contribution >= 4 is 11.8 Å². The van der Waals surface area contributed by atoms with Crippen molar-refractivity contribution in [2.24, 2.45) is 0 Å². The minimum Gasteiger partial charge on any atom is -0.389 e. The Morgan fingerprint density at radius 2 is 2.20 bits per heavy atom. The molecule has 0 aromatic rings. The molecule has 2 saturated heterocycles. The van der Waals surface area contributed by atoms with Gasteiger partial charge in [-0.25, -0.2) is 0 Å². The van der Waals surface area contributed by atoms with Gasteiger partial charge in [0.25, 0.3) is 0 Å². The SMILES string of the molecule is CCN1C(=O)CO[C@@H]2CN(C(=O)CC3(O)CCC3)C[C@H]21. The van der Waals surface area contributed by atoms with Crippen molar-refractivity contribution < 1.29 is 19.4 Å². The van der Waals surface area contributed by atoms with Crippen LogP contribution >= 0.6 is 0 Å². The lowest BCUT2D eigenvalue weighted by molar-refractivity contribution is -0.152. The van der Waals surface area contributed by atoms with E-state index in [2.05, 4.69) is 0 Å². The molecule has 0 aromatic carbocycles. The van der Waals surface area contributed by atoms with Gasteiger partial charge in [-0.05, 0) is 26.2 Å². The molecule has 2 amide bonds. The first-order chi connectivity index (χ1) is 9.52. The summed E-state index contributed by atoms with van der Waals surface area (Å²) >= 11 is 0. The molecule has 112 valence electrons. The fraction of sp³-hybridized carbons (Fsp3) is 0.857. The van der Waals surface area contributed by atoms with Crippen molar-refractivity contribution in [1.82, 2.24) is 9.80 Å². The molecule has 1 N–H and O–H groups in total. The predicted molar refractivity (Wildman–Crippen MR) is 70.9 cm³/mol. The predicted octanol–water partition coefficient (Wildman–Crippen LogP) is -0.250. The molecule has 0 spiro atoms. The third-order valence-corrected chi connectivity index (χ3v) is 4.84. The van der Waals surface area contributed by atoms with Gasteiger partial charge >= 0.3 is 0 Å². The highest BCUT2D eigenvalue weighted by atomic mass is 16.5. The van der Waals surface area contributed by atoms with Crippen molar-refractivity contribution in [3.05, 3.63) is 0 Å². The van der Waals surface area contributed by atoms with E-state index >= 15 is 0 Å². The van der Waals surface area contributed by atoms with Crippen LogP contribution in [0.5, 0.6) is 0 Å². The standard InChI is InChI=1S/C14H22N2O4/c1-2-16-10-7-15(8-11(10)20-9-13(16)18)12(17)6-14(19)4-3-5-14/h10-11,19H,2-9H2,1H3/t10-,11-/m1/s1. The number of carbonyl (C=O) groups is 2. The number of likely N-dealkylation sites (N-methyl/N-ethyl adjacent to an activating group) is 1. The first kappa shape index (κ1) is 13.8. The maximum absolute atomic E-state index is 12.3. The molecule has 2 atom stereocenters. The molecular formula is C14H22N2O4. The average Bonchev–Trinajstić information content (AvgIpc) is 2.81. The van der Waals surface area contributed by atoms with Crippen molar-refractivity contribution in [1.29, 1.82) is 0 Å². The van der Waals surface area contributed by atoms with Gasteiger partial charge in [-0.3, -0.25) is 9.59 Å². The molecule has 1 saturated carbocycles. The fourth-order valence-electron chi connectivity index (χ4n) is 3.44. The molecule has 0 aromatic heterocycles. The molecule has 0 radical (unpaired) electrons. The van der Waals surface area contributed by atoms with Crippen molar-refractivity contribution in [2.45, 2.75) is 50.4 Å². The monoisotopic (exact) mass is 282 g/mol. The molecule has 3 rings (SSSR count). The number of hydrogen-bond acceptors (Lipinski definition) is 4. The van der Waals surface area contributed by atoms with E-state index in [1.165, 1.54) is 0 Å². The van der Waals surface area contributed by atoms with Gasteiger partial charge in [0.2, 0.25) is 11.8 Å². The number of amides is 2. The Kier molecular flexibility index (Phi) is 3.46. The van der Waals surface area contributed by atoms with Crippen LogP contribution in [0.25, 0.3) is 0 Å². The average molecular weight is 282 g/mol. The maximum atomic E-state index is 12.3. The van der Waals surface area contributed by atoms with E-state index in [1.807, 2.05) is 6.92 Å². The third-order valence-electron chi connectivity index (χ3n) is 4.84. The number of likely N-dealkylation sites (tertiary alicyclic amines) is 1. The number of carbonyl (C=O) groups excluding carboxylic acids is 2. The Morgan fingerprint density at radius 1 is 1.45 bits per heavy atom. The summed E-state index contributed by atoms with van der Waals surface area (Å²) in [4.78, 5) is 27.6. The van der Waals surface area contributed by atoms with Crippen LogP contribution in [0.2, 0.25) is 0 Å². The summed E-state index contributed by atoms with van der Waals surface area (Å²) in [6.45, 7) is 3.76. The zero-order valence-corrected chi connectivity index (χ0v) is 11.9. The zero-order chi connectivity index (χ0) is 14.3. The third kappa shape index (κ3) is 2.31. The first-order valence-corrected chi connectivity index (χ1v) is 7.44. The summed E-state index contributed by atoms with van der Waals surface area (Å²) in [5.41, 5.74) is -0.786. The quantitative estimate of drug-likeness (QED) is 0.775. The number of rotatable bonds is 3. The van der Waals surface area contributed by atoms with Gasteiger partial charge in [-0.2, -0.15) is 0 Å². The second-order valence-corrected chi connectivity index (χ2v) is 6.15. The molecule has 2 heterocycles. The minimum absolute atomic E-state index is 0.000621. The lowest BCUT2D eigenvalue weighted by Crippen LogP contribution is -2.53. The molecule has 20 heavy (non-hydrogen) atoms. The summed E-state index contributed by atoms with van der Waals surface area (Å²) in [6, 6.07) is -0.0266. The van der Waals surface area contributed by atoms with Crippen LogP contribution in [-0.2, 0) is 14.3 Å². The van der Waals surface area contributed by atoms with E-state index in [-0.39, 0.29) is 37.0 Å². The van der Waals surface area contributed by atoms with E-state index < -0.39 is 5.60 Å².